The summed E-state index contributed by atoms with van der Waals surface area (Å²) in [6.45, 7) is 7.93. The largest absolute Gasteiger partial charge is 0.394 e. The molecule has 0 amide bonds. The molecule has 0 heterocycles. The van der Waals surface area contributed by atoms with Gasteiger partial charge in [-0.05, 0) is 18.3 Å². The van der Waals surface area contributed by atoms with Crippen molar-refractivity contribution in [2.75, 3.05) is 0 Å². The highest BCUT2D eigenvalue weighted by Crippen LogP contribution is 2.53. The van der Waals surface area contributed by atoms with E-state index < -0.39 is 17.0 Å². The molecule has 0 unspecified atom stereocenters. The molecule has 0 saturated carbocycles. The molecule has 80 valence electrons. The van der Waals surface area contributed by atoms with Crippen LogP contribution < -0.4 is 0 Å². The molecule has 0 atom stereocenters. The van der Waals surface area contributed by atoms with E-state index in [0.717, 1.165) is 0 Å². The van der Waals surface area contributed by atoms with Crippen molar-refractivity contribution in [2.45, 2.75) is 53.6 Å². The zero-order valence-corrected chi connectivity index (χ0v) is 9.05. The van der Waals surface area contributed by atoms with Gasteiger partial charge in [0, 0.05) is 0 Å². The molecule has 3 heteroatoms. The third-order valence-corrected chi connectivity index (χ3v) is 3.78. The van der Waals surface area contributed by atoms with E-state index in [2.05, 4.69) is 0 Å². The lowest BCUT2D eigenvalue weighted by Crippen LogP contribution is -2.45. The van der Waals surface area contributed by atoms with E-state index in [4.69, 9.17) is 0 Å². The van der Waals surface area contributed by atoms with E-state index in [-0.39, 0.29) is 0 Å². The Balaban J connectivity index is 5.00. The molecule has 0 rings (SSSR count). The molecule has 0 saturated heterocycles. The van der Waals surface area contributed by atoms with Gasteiger partial charge < -0.3 is 0 Å². The lowest BCUT2D eigenvalue weighted by atomic mass is 9.63. The van der Waals surface area contributed by atoms with Crippen molar-refractivity contribution in [3.63, 3.8) is 0 Å². The minimum Gasteiger partial charge on any atom is -0.171 e. The Morgan fingerprint density at radius 3 is 1.23 bits per heavy atom. The molecule has 0 aromatic carbocycles. The van der Waals surface area contributed by atoms with Gasteiger partial charge in [0.2, 0.25) is 0 Å². The molecule has 13 heavy (non-hydrogen) atoms. The van der Waals surface area contributed by atoms with Crippen molar-refractivity contribution >= 4 is 0 Å². The zero-order valence-electron chi connectivity index (χ0n) is 9.05. The SMILES string of the molecule is CCC(C)(CC)C(C)(C)C(F)(F)F. The Bertz CT molecular complexity index is 163. The smallest absolute Gasteiger partial charge is 0.171 e. The highest BCUT2D eigenvalue weighted by Gasteiger charge is 2.56. The van der Waals surface area contributed by atoms with Crippen molar-refractivity contribution in [3.8, 4) is 0 Å². The zero-order chi connectivity index (χ0) is 10.9. The first-order valence-electron chi connectivity index (χ1n) is 4.69. The maximum Gasteiger partial charge on any atom is 0.394 e. The van der Waals surface area contributed by atoms with E-state index in [1.54, 1.807) is 6.92 Å². The minimum absolute atomic E-state index is 0.552. The molecular weight excluding hydrogens is 177 g/mol. The van der Waals surface area contributed by atoms with Crippen LogP contribution in [-0.2, 0) is 0 Å². The second-order valence-corrected chi connectivity index (χ2v) is 4.39. The maximum absolute atomic E-state index is 12.7. The topological polar surface area (TPSA) is 0 Å². The van der Waals surface area contributed by atoms with Gasteiger partial charge in [-0.3, -0.25) is 0 Å². The Hall–Kier alpha value is -0.210. The predicted molar refractivity (Wildman–Crippen MR) is 48.5 cm³/mol. The second-order valence-electron chi connectivity index (χ2n) is 4.39. The van der Waals surface area contributed by atoms with Crippen molar-refractivity contribution in [1.82, 2.24) is 0 Å². The lowest BCUT2D eigenvalue weighted by Gasteiger charge is -2.44. The molecule has 0 bridgehead atoms. The molecule has 0 fully saturated rings. The first-order chi connectivity index (χ1) is 5.62. The number of halogens is 3. The van der Waals surface area contributed by atoms with Gasteiger partial charge in [0.25, 0.3) is 0 Å². The summed E-state index contributed by atoms with van der Waals surface area (Å²) in [5, 5.41) is 0. The fourth-order valence-electron chi connectivity index (χ4n) is 1.48. The van der Waals surface area contributed by atoms with Gasteiger partial charge in [0.05, 0.1) is 5.41 Å². The monoisotopic (exact) mass is 196 g/mol. The third-order valence-electron chi connectivity index (χ3n) is 3.78. The molecule has 0 aromatic rings. The highest BCUT2D eigenvalue weighted by molar-refractivity contribution is 4.92. The van der Waals surface area contributed by atoms with Crippen LogP contribution in [0.15, 0.2) is 0 Å². The number of hydrogen-bond donors (Lipinski definition) is 0. The molecule has 0 aliphatic carbocycles. The van der Waals surface area contributed by atoms with Crippen molar-refractivity contribution < 1.29 is 13.2 Å². The standard InChI is InChI=1S/C10H19F3/c1-6-9(5,7-2)8(3,4)10(11,12)13/h6-7H2,1-5H3. The number of hydrogen-bond acceptors (Lipinski definition) is 0. The van der Waals surface area contributed by atoms with Crippen LogP contribution in [0, 0.1) is 10.8 Å². The third kappa shape index (κ3) is 2.00. The summed E-state index contributed by atoms with van der Waals surface area (Å²) in [5.41, 5.74) is -2.27. The quantitative estimate of drug-likeness (QED) is 0.627. The van der Waals surface area contributed by atoms with E-state index in [0.29, 0.717) is 12.8 Å². The van der Waals surface area contributed by atoms with Crippen LogP contribution in [0.25, 0.3) is 0 Å². The molecule has 0 N–H and O–H groups in total. The normalized spacial score (nSPS) is 14.8. The van der Waals surface area contributed by atoms with Gasteiger partial charge in [-0.15, -0.1) is 0 Å². The van der Waals surface area contributed by atoms with E-state index >= 15 is 0 Å². The van der Waals surface area contributed by atoms with E-state index in [1.807, 2.05) is 13.8 Å². The van der Waals surface area contributed by atoms with E-state index in [9.17, 15) is 13.2 Å². The second kappa shape index (κ2) is 3.50. The summed E-state index contributed by atoms with van der Waals surface area (Å²) >= 11 is 0. The first kappa shape index (κ1) is 12.8. The van der Waals surface area contributed by atoms with Crippen LogP contribution in [0.4, 0.5) is 13.2 Å². The Morgan fingerprint density at radius 1 is 0.846 bits per heavy atom. The molecule has 0 radical (unpaired) electrons. The van der Waals surface area contributed by atoms with Gasteiger partial charge in [-0.2, -0.15) is 13.2 Å². The molecule has 0 spiro atoms. The van der Waals surface area contributed by atoms with Crippen molar-refractivity contribution in [2.24, 2.45) is 10.8 Å². The average molecular weight is 196 g/mol. The van der Waals surface area contributed by atoms with Gasteiger partial charge in [0.1, 0.15) is 0 Å². The Labute approximate surface area is 78.5 Å². The molecule has 0 aromatic heterocycles. The molecule has 0 aliphatic heterocycles. The summed E-state index contributed by atoms with van der Waals surface area (Å²) in [5.74, 6) is 0. The molecular formula is C10H19F3. The number of alkyl halides is 3. The van der Waals surface area contributed by atoms with Crippen LogP contribution in [-0.4, -0.2) is 6.18 Å². The van der Waals surface area contributed by atoms with Crippen LogP contribution in [0.3, 0.4) is 0 Å². The fourth-order valence-corrected chi connectivity index (χ4v) is 1.48. The maximum atomic E-state index is 12.7. The van der Waals surface area contributed by atoms with E-state index in [1.165, 1.54) is 13.8 Å². The number of rotatable bonds is 3. The Morgan fingerprint density at radius 2 is 1.15 bits per heavy atom. The summed E-state index contributed by atoms with van der Waals surface area (Å²) in [7, 11) is 0. The first-order valence-corrected chi connectivity index (χ1v) is 4.69. The van der Waals surface area contributed by atoms with Crippen LogP contribution in [0.5, 0.6) is 0 Å². The minimum atomic E-state index is -4.12. The lowest BCUT2D eigenvalue weighted by molar-refractivity contribution is -0.250. The van der Waals surface area contributed by atoms with Crippen LogP contribution in [0.2, 0.25) is 0 Å². The predicted octanol–water partition coefficient (Wildman–Crippen LogP) is 4.40. The summed E-state index contributed by atoms with van der Waals surface area (Å²) in [6, 6.07) is 0. The summed E-state index contributed by atoms with van der Waals surface area (Å²) in [6.07, 6.45) is -3.01. The van der Waals surface area contributed by atoms with Crippen molar-refractivity contribution in [1.29, 1.82) is 0 Å². The van der Waals surface area contributed by atoms with Crippen LogP contribution in [0.1, 0.15) is 47.5 Å². The highest BCUT2D eigenvalue weighted by atomic mass is 19.4. The van der Waals surface area contributed by atoms with Gasteiger partial charge in [-0.25, -0.2) is 0 Å². The molecule has 0 nitrogen and oxygen atoms in total. The van der Waals surface area contributed by atoms with Gasteiger partial charge in [-0.1, -0.05) is 34.6 Å². The Kier molecular flexibility index (Phi) is 3.45. The van der Waals surface area contributed by atoms with Crippen LogP contribution >= 0.6 is 0 Å². The van der Waals surface area contributed by atoms with Gasteiger partial charge >= 0.3 is 6.18 Å². The van der Waals surface area contributed by atoms with Gasteiger partial charge in [0.15, 0.2) is 0 Å². The van der Waals surface area contributed by atoms with Crippen molar-refractivity contribution in [3.05, 3.63) is 0 Å². The average Bonchev–Trinajstić information content (AvgIpc) is 2.00. The molecule has 0 aliphatic rings. The summed E-state index contributed by atoms with van der Waals surface area (Å²) in [4.78, 5) is 0. The summed E-state index contributed by atoms with van der Waals surface area (Å²) < 4.78 is 38.1. The fraction of sp³-hybridized carbons (Fsp3) is 1.00.